The van der Waals surface area contributed by atoms with E-state index in [2.05, 4.69) is 28.7 Å². The number of hydrogen-bond donors (Lipinski definition) is 1. The van der Waals surface area contributed by atoms with E-state index in [0.29, 0.717) is 12.1 Å². The normalized spacial score (nSPS) is 23.3. The Morgan fingerprint density at radius 1 is 1.33 bits per heavy atom. The van der Waals surface area contributed by atoms with Gasteiger partial charge in [0.25, 0.3) is 0 Å². The number of hydrogen-bond acceptors (Lipinski definition) is 4. The van der Waals surface area contributed by atoms with Crippen LogP contribution in [0.25, 0.3) is 11.4 Å². The SMILES string of the molecule is CC1CCCC(C)N1Cc1sc(=O)[nH]c1-c1ccccn1. The molecule has 3 heterocycles. The molecule has 2 aromatic heterocycles. The van der Waals surface area contributed by atoms with Gasteiger partial charge in [0.05, 0.1) is 11.4 Å². The van der Waals surface area contributed by atoms with Crippen molar-refractivity contribution in [2.45, 2.75) is 51.7 Å². The highest BCUT2D eigenvalue weighted by Crippen LogP contribution is 2.28. The molecular weight excluding hydrogens is 282 g/mol. The Morgan fingerprint density at radius 3 is 2.76 bits per heavy atom. The van der Waals surface area contributed by atoms with E-state index < -0.39 is 0 Å². The topological polar surface area (TPSA) is 49.0 Å². The summed E-state index contributed by atoms with van der Waals surface area (Å²) < 4.78 is 0. The Hall–Kier alpha value is -1.46. The molecule has 1 aliphatic heterocycles. The number of aromatic nitrogens is 2. The quantitative estimate of drug-likeness (QED) is 0.947. The van der Waals surface area contributed by atoms with Crippen molar-refractivity contribution in [2.75, 3.05) is 0 Å². The Balaban J connectivity index is 1.91. The zero-order valence-electron chi connectivity index (χ0n) is 12.5. The molecule has 2 aromatic rings. The fourth-order valence-electron chi connectivity index (χ4n) is 3.14. The van der Waals surface area contributed by atoms with Crippen LogP contribution in [0.5, 0.6) is 0 Å². The highest BCUT2D eigenvalue weighted by molar-refractivity contribution is 7.09. The summed E-state index contributed by atoms with van der Waals surface area (Å²) in [7, 11) is 0. The van der Waals surface area contributed by atoms with Crippen LogP contribution >= 0.6 is 11.3 Å². The molecule has 1 saturated heterocycles. The summed E-state index contributed by atoms with van der Waals surface area (Å²) in [6.07, 6.45) is 5.54. The van der Waals surface area contributed by atoms with E-state index in [1.54, 1.807) is 6.20 Å². The third-order valence-electron chi connectivity index (χ3n) is 4.35. The number of H-pyrrole nitrogens is 1. The molecule has 0 spiro atoms. The predicted octanol–water partition coefficient (Wildman–Crippen LogP) is 3.26. The molecule has 0 saturated carbocycles. The molecule has 4 nitrogen and oxygen atoms in total. The minimum atomic E-state index is 0.00275. The summed E-state index contributed by atoms with van der Waals surface area (Å²) in [5.41, 5.74) is 1.73. The van der Waals surface area contributed by atoms with Crippen molar-refractivity contribution in [3.8, 4) is 11.4 Å². The molecule has 112 valence electrons. The second-order valence-corrected chi connectivity index (χ2v) is 6.90. The molecular formula is C16H21N3OS. The number of likely N-dealkylation sites (tertiary alicyclic amines) is 1. The van der Waals surface area contributed by atoms with Crippen LogP contribution < -0.4 is 4.87 Å². The molecule has 1 aliphatic rings. The maximum Gasteiger partial charge on any atom is 0.305 e. The number of rotatable bonds is 3. The second-order valence-electron chi connectivity index (χ2n) is 5.83. The zero-order chi connectivity index (χ0) is 14.8. The van der Waals surface area contributed by atoms with Gasteiger partial charge in [-0.3, -0.25) is 14.7 Å². The number of aromatic amines is 1. The molecule has 3 rings (SSSR count). The van der Waals surface area contributed by atoms with Crippen LogP contribution in [0, 0.1) is 0 Å². The largest absolute Gasteiger partial charge is 0.311 e. The predicted molar refractivity (Wildman–Crippen MR) is 86.5 cm³/mol. The van der Waals surface area contributed by atoms with Crippen molar-refractivity contribution in [1.29, 1.82) is 0 Å². The van der Waals surface area contributed by atoms with Gasteiger partial charge in [-0.25, -0.2) is 0 Å². The van der Waals surface area contributed by atoms with E-state index >= 15 is 0 Å². The van der Waals surface area contributed by atoms with Crippen LogP contribution in [0.2, 0.25) is 0 Å². The Kier molecular flexibility index (Phi) is 4.22. The summed E-state index contributed by atoms with van der Waals surface area (Å²) in [5.74, 6) is 0. The lowest BCUT2D eigenvalue weighted by molar-refractivity contribution is 0.0965. The summed E-state index contributed by atoms with van der Waals surface area (Å²) in [6, 6.07) is 6.94. The maximum absolute atomic E-state index is 11.8. The Morgan fingerprint density at radius 2 is 2.10 bits per heavy atom. The first-order valence-electron chi connectivity index (χ1n) is 7.54. The second kappa shape index (κ2) is 6.12. The van der Waals surface area contributed by atoms with Crippen molar-refractivity contribution in [3.63, 3.8) is 0 Å². The van der Waals surface area contributed by atoms with Gasteiger partial charge in [0, 0.05) is 29.7 Å². The number of thiazole rings is 1. The van der Waals surface area contributed by atoms with Crippen molar-refractivity contribution in [3.05, 3.63) is 38.9 Å². The smallest absolute Gasteiger partial charge is 0.305 e. The third-order valence-corrected chi connectivity index (χ3v) is 5.21. The van der Waals surface area contributed by atoms with Gasteiger partial charge in [0.15, 0.2) is 0 Å². The van der Waals surface area contributed by atoms with Crippen LogP contribution in [-0.2, 0) is 6.54 Å². The van der Waals surface area contributed by atoms with Crippen LogP contribution in [-0.4, -0.2) is 27.0 Å². The van der Waals surface area contributed by atoms with Crippen LogP contribution in [0.3, 0.4) is 0 Å². The van der Waals surface area contributed by atoms with E-state index in [9.17, 15) is 4.79 Å². The summed E-state index contributed by atoms with van der Waals surface area (Å²) in [4.78, 5) is 22.7. The van der Waals surface area contributed by atoms with Crippen molar-refractivity contribution >= 4 is 11.3 Å². The highest BCUT2D eigenvalue weighted by atomic mass is 32.1. The molecule has 0 aromatic carbocycles. The van der Waals surface area contributed by atoms with Crippen LogP contribution in [0.15, 0.2) is 29.2 Å². The van der Waals surface area contributed by atoms with Crippen LogP contribution in [0.1, 0.15) is 38.0 Å². The zero-order valence-corrected chi connectivity index (χ0v) is 13.3. The lowest BCUT2D eigenvalue weighted by Crippen LogP contribution is -2.42. The summed E-state index contributed by atoms with van der Waals surface area (Å²) >= 11 is 1.31. The lowest BCUT2D eigenvalue weighted by Gasteiger charge is -2.38. The number of nitrogens with zero attached hydrogens (tertiary/aromatic N) is 2. The molecule has 0 bridgehead atoms. The van der Waals surface area contributed by atoms with Gasteiger partial charge < -0.3 is 4.98 Å². The average molecular weight is 303 g/mol. The molecule has 1 N–H and O–H groups in total. The number of piperidine rings is 1. The average Bonchev–Trinajstić information content (AvgIpc) is 2.85. The fraction of sp³-hybridized carbons (Fsp3) is 0.500. The molecule has 2 unspecified atom stereocenters. The standard InChI is InChI=1S/C16H21N3OS/c1-11-6-5-7-12(2)19(11)10-14-15(18-16(20)21-14)13-8-3-4-9-17-13/h3-4,8-9,11-12H,5-7,10H2,1-2H3,(H,18,20). The molecule has 1 fully saturated rings. The minimum Gasteiger partial charge on any atom is -0.311 e. The van der Waals surface area contributed by atoms with Crippen molar-refractivity contribution in [1.82, 2.24) is 14.9 Å². The maximum atomic E-state index is 11.8. The summed E-state index contributed by atoms with van der Waals surface area (Å²) in [5, 5.41) is 0. The van der Waals surface area contributed by atoms with Gasteiger partial charge in [-0.1, -0.05) is 23.8 Å². The summed E-state index contributed by atoms with van der Waals surface area (Å²) in [6.45, 7) is 5.40. The van der Waals surface area contributed by atoms with Crippen molar-refractivity contribution in [2.24, 2.45) is 0 Å². The molecule has 5 heteroatoms. The number of nitrogens with one attached hydrogen (secondary N) is 1. The van der Waals surface area contributed by atoms with E-state index in [1.165, 1.54) is 30.6 Å². The van der Waals surface area contributed by atoms with Crippen LogP contribution in [0.4, 0.5) is 0 Å². The van der Waals surface area contributed by atoms with E-state index in [0.717, 1.165) is 22.8 Å². The lowest BCUT2D eigenvalue weighted by atomic mass is 9.97. The minimum absolute atomic E-state index is 0.00275. The Labute approximate surface area is 128 Å². The number of pyridine rings is 1. The molecule has 2 atom stereocenters. The van der Waals surface area contributed by atoms with Gasteiger partial charge in [0.2, 0.25) is 0 Å². The fourth-order valence-corrected chi connectivity index (χ4v) is 3.99. The first-order valence-corrected chi connectivity index (χ1v) is 8.36. The van der Waals surface area contributed by atoms with E-state index in [4.69, 9.17) is 0 Å². The molecule has 0 aliphatic carbocycles. The molecule has 0 amide bonds. The third kappa shape index (κ3) is 3.09. The molecule has 21 heavy (non-hydrogen) atoms. The highest BCUT2D eigenvalue weighted by Gasteiger charge is 2.26. The van der Waals surface area contributed by atoms with Crippen molar-refractivity contribution < 1.29 is 0 Å². The van der Waals surface area contributed by atoms with Gasteiger partial charge in [-0.2, -0.15) is 0 Å². The monoisotopic (exact) mass is 303 g/mol. The van der Waals surface area contributed by atoms with E-state index in [1.807, 2.05) is 18.2 Å². The first-order chi connectivity index (χ1) is 10.1. The molecule has 0 radical (unpaired) electrons. The first kappa shape index (κ1) is 14.5. The van der Waals surface area contributed by atoms with Gasteiger partial charge >= 0.3 is 4.87 Å². The van der Waals surface area contributed by atoms with Gasteiger partial charge in [-0.15, -0.1) is 0 Å². The van der Waals surface area contributed by atoms with E-state index in [-0.39, 0.29) is 4.87 Å². The van der Waals surface area contributed by atoms with Gasteiger partial charge in [0.1, 0.15) is 0 Å². The van der Waals surface area contributed by atoms with Gasteiger partial charge in [-0.05, 0) is 38.8 Å². The Bertz CT molecular complexity index is 639.